The first-order valence-corrected chi connectivity index (χ1v) is 11.5. The summed E-state index contributed by atoms with van der Waals surface area (Å²) in [6.45, 7) is 2.68. The van der Waals surface area contributed by atoms with Crippen LogP contribution in [0.1, 0.15) is 22.8 Å². The van der Waals surface area contributed by atoms with Gasteiger partial charge in [-0.3, -0.25) is 13.7 Å². The zero-order valence-electron chi connectivity index (χ0n) is 18.2. The van der Waals surface area contributed by atoms with E-state index in [-0.39, 0.29) is 69.6 Å². The maximum atomic E-state index is 11.8. The number of nitrogens with zero attached hydrogens (tertiary/aromatic N) is 3. The van der Waals surface area contributed by atoms with Crippen LogP contribution in [0.25, 0.3) is 33.5 Å². The van der Waals surface area contributed by atoms with Crippen molar-refractivity contribution in [2.45, 2.75) is 13.5 Å². The van der Waals surface area contributed by atoms with Crippen molar-refractivity contribution >= 4 is 87.6 Å². The number of benzene rings is 3. The van der Waals surface area contributed by atoms with E-state index < -0.39 is 5.97 Å². The van der Waals surface area contributed by atoms with Crippen LogP contribution in [-0.2, 0) is 6.54 Å². The van der Waals surface area contributed by atoms with Gasteiger partial charge in [-0.1, -0.05) is 54.6 Å². The molecule has 5 rings (SSSR count). The van der Waals surface area contributed by atoms with E-state index >= 15 is 0 Å². The van der Waals surface area contributed by atoms with E-state index in [4.69, 9.17) is 4.74 Å². The van der Waals surface area contributed by atoms with Gasteiger partial charge in [0.2, 0.25) is 0 Å². The summed E-state index contributed by atoms with van der Waals surface area (Å²) in [7, 11) is 0. The van der Waals surface area contributed by atoms with Crippen molar-refractivity contribution in [1.82, 2.24) is 18.9 Å². The van der Waals surface area contributed by atoms with Crippen LogP contribution in [0.3, 0.4) is 0 Å². The quantitative estimate of drug-likeness (QED) is 0.319. The van der Waals surface area contributed by atoms with Crippen LogP contribution in [0.5, 0.6) is 6.01 Å². The van der Waals surface area contributed by atoms with Crippen molar-refractivity contribution in [3.63, 3.8) is 0 Å². The minimum absolute atomic E-state index is 0. The molecule has 0 aliphatic rings. The van der Waals surface area contributed by atoms with Gasteiger partial charge in [-0.2, -0.15) is 9.97 Å². The van der Waals surface area contributed by atoms with Gasteiger partial charge in [0.1, 0.15) is 0 Å². The van der Waals surface area contributed by atoms with E-state index in [9.17, 15) is 14.7 Å². The molecule has 0 aliphatic heterocycles. The third-order valence-electron chi connectivity index (χ3n) is 5.46. The average Bonchev–Trinajstić information content (AvgIpc) is 3.43. The van der Waals surface area contributed by atoms with Crippen LogP contribution >= 0.6 is 11.5 Å². The zero-order chi connectivity index (χ0) is 23.7. The molecule has 0 fully saturated rings. The molecule has 0 radical (unpaired) electrons. The minimum atomic E-state index is -1.01. The Morgan fingerprint density at radius 1 is 1.00 bits per heavy atom. The molecule has 2 heterocycles. The molecule has 0 unspecified atom stereocenters. The molecule has 11 heteroatoms. The van der Waals surface area contributed by atoms with Gasteiger partial charge in [-0.25, -0.2) is 4.79 Å². The molecule has 8 nitrogen and oxygen atoms in total. The van der Waals surface area contributed by atoms with E-state index in [1.165, 1.54) is 0 Å². The summed E-state index contributed by atoms with van der Waals surface area (Å²) in [5.74, 6) is -0.469. The summed E-state index contributed by atoms with van der Waals surface area (Å²) in [6, 6.07) is 21.1. The monoisotopic (exact) mass is 520 g/mol. The fraction of sp³-hybridized carbons (Fsp3) is 0.120. The Balaban J connectivity index is 0.00000180. The Kier molecular flexibility index (Phi) is 9.71. The van der Waals surface area contributed by atoms with Crippen molar-refractivity contribution in [3.8, 4) is 28.5 Å². The SMILES string of the molecule is CCOc1nc2cccc(C(=O)O)c2n1Cc1ccc(-c2ccccc2-c2nc(=O)s[nH]2)cc1.[NaH].[NaH]. The first-order valence-electron chi connectivity index (χ1n) is 10.6. The number of nitrogens with one attached hydrogen (secondary N) is 1. The van der Waals surface area contributed by atoms with E-state index in [2.05, 4.69) is 14.3 Å². The molecule has 0 spiro atoms. The summed E-state index contributed by atoms with van der Waals surface area (Å²) < 4.78 is 10.5. The fourth-order valence-electron chi connectivity index (χ4n) is 3.98. The summed E-state index contributed by atoms with van der Waals surface area (Å²) in [5.41, 5.74) is 5.01. The number of aromatic carboxylic acids is 1. The second-order valence-corrected chi connectivity index (χ2v) is 8.32. The van der Waals surface area contributed by atoms with Crippen molar-refractivity contribution in [2.75, 3.05) is 6.61 Å². The number of imidazole rings is 1. The van der Waals surface area contributed by atoms with Crippen molar-refractivity contribution in [1.29, 1.82) is 0 Å². The Morgan fingerprint density at radius 3 is 2.36 bits per heavy atom. The molecule has 5 aromatic rings. The second-order valence-electron chi connectivity index (χ2n) is 7.56. The van der Waals surface area contributed by atoms with Crippen LogP contribution in [0, 0.1) is 0 Å². The number of fused-ring (bicyclic) bond motifs is 1. The van der Waals surface area contributed by atoms with Gasteiger partial charge in [0.25, 0.3) is 6.01 Å². The van der Waals surface area contributed by atoms with Crippen LogP contribution in [0.4, 0.5) is 0 Å². The molecule has 0 aliphatic carbocycles. The fourth-order valence-corrected chi connectivity index (χ4v) is 4.46. The maximum absolute atomic E-state index is 11.8. The number of H-pyrrole nitrogens is 1. The zero-order valence-corrected chi connectivity index (χ0v) is 19.0. The number of ether oxygens (including phenoxy) is 1. The topological polar surface area (TPSA) is 110 Å². The third kappa shape index (κ3) is 5.68. The molecule has 0 saturated carbocycles. The number of aromatic nitrogens is 4. The molecular weight excluding hydrogens is 498 g/mol. The number of hydrogen-bond acceptors (Lipinski definition) is 6. The van der Waals surface area contributed by atoms with E-state index in [1.54, 1.807) is 22.8 Å². The predicted octanol–water partition coefficient (Wildman–Crippen LogP) is 3.36. The predicted molar refractivity (Wildman–Crippen MR) is 145 cm³/mol. The average molecular weight is 521 g/mol. The summed E-state index contributed by atoms with van der Waals surface area (Å²) in [4.78, 5) is 31.7. The third-order valence-corrected chi connectivity index (χ3v) is 6.02. The molecule has 36 heavy (non-hydrogen) atoms. The van der Waals surface area contributed by atoms with Crippen molar-refractivity contribution < 1.29 is 14.6 Å². The van der Waals surface area contributed by atoms with Gasteiger partial charge in [-0.05, 0) is 35.7 Å². The Morgan fingerprint density at radius 2 is 1.72 bits per heavy atom. The number of hydrogen-bond donors (Lipinski definition) is 2. The molecule has 0 bridgehead atoms. The molecule has 0 saturated heterocycles. The van der Waals surface area contributed by atoms with Crippen LogP contribution in [0.2, 0.25) is 0 Å². The summed E-state index contributed by atoms with van der Waals surface area (Å²) >= 11 is 0.963. The van der Waals surface area contributed by atoms with Crippen LogP contribution in [-0.4, -0.2) is 95.7 Å². The van der Waals surface area contributed by atoms with Crippen molar-refractivity contribution in [2.24, 2.45) is 0 Å². The molecular formula is C25H22N4Na2O4S. The number of aromatic amines is 1. The van der Waals surface area contributed by atoms with Gasteiger partial charge >= 0.3 is 70.0 Å². The number of carbonyl (C=O) groups is 1. The standard InChI is InChI=1S/C25H20N4O4S.2Na.2H/c1-2-33-24-26-20-9-5-8-19(23(30)31)21(20)29(24)14-15-10-12-16(13-11-15)17-6-3-4-7-18(17)22-27-25(32)34-28-22;;;;/h3-13H,2,14H2,1H3,(H,30,31)(H,27,28,32);;;;. The van der Waals surface area contributed by atoms with Crippen LogP contribution < -0.4 is 9.61 Å². The van der Waals surface area contributed by atoms with Crippen LogP contribution in [0.15, 0.2) is 71.5 Å². The Labute approximate surface area is 255 Å². The van der Waals surface area contributed by atoms with E-state index in [0.29, 0.717) is 36.0 Å². The van der Waals surface area contributed by atoms with Gasteiger partial charge < -0.3 is 9.84 Å². The van der Waals surface area contributed by atoms with E-state index in [0.717, 1.165) is 33.8 Å². The van der Waals surface area contributed by atoms with Gasteiger partial charge in [-0.15, -0.1) is 0 Å². The normalized spacial score (nSPS) is 10.5. The first-order chi connectivity index (χ1) is 16.5. The number of carboxylic acid groups (broad SMARTS) is 1. The Bertz CT molecular complexity index is 1560. The Hall–Kier alpha value is -2.24. The molecule has 0 amide bonds. The van der Waals surface area contributed by atoms with Gasteiger partial charge in [0.05, 0.1) is 29.7 Å². The molecule has 3 aromatic carbocycles. The van der Waals surface area contributed by atoms with Gasteiger partial charge in [0.15, 0.2) is 5.82 Å². The first kappa shape index (κ1) is 28.3. The number of para-hydroxylation sites is 1. The molecule has 2 N–H and O–H groups in total. The number of rotatable bonds is 7. The molecule has 2 aromatic heterocycles. The summed E-state index contributed by atoms with van der Waals surface area (Å²) in [5, 5.41) is 9.69. The van der Waals surface area contributed by atoms with Crippen molar-refractivity contribution in [3.05, 3.63) is 87.5 Å². The van der Waals surface area contributed by atoms with E-state index in [1.807, 2.05) is 55.5 Å². The second kappa shape index (κ2) is 12.3. The molecule has 174 valence electrons. The molecule has 0 atom stereocenters. The van der Waals surface area contributed by atoms with Gasteiger partial charge in [0, 0.05) is 17.1 Å². The summed E-state index contributed by atoms with van der Waals surface area (Å²) in [6.07, 6.45) is 0. The number of carboxylic acids is 1.